The highest BCUT2D eigenvalue weighted by atomic mass is 16.5. The highest BCUT2D eigenvalue weighted by molar-refractivity contribution is 6.60. The molecule has 0 unspecified atom stereocenters. The highest BCUT2D eigenvalue weighted by Crippen LogP contribution is 2.28. The molecule has 0 aliphatic heterocycles. The summed E-state index contributed by atoms with van der Waals surface area (Å²) in [6.07, 6.45) is 0.454. The second kappa shape index (κ2) is 11.0. The minimum Gasteiger partial charge on any atom is -0.493 e. The minimum absolute atomic E-state index is 0.0212. The second-order valence-corrected chi connectivity index (χ2v) is 6.25. The molecule has 2 rings (SSSR count). The SMILES string of the molecule is CCNC(=O)COc1ccc(CNC(=O)c2ccc(B(O)O)c(C=O)c2)cc1OC. The molecule has 0 atom stereocenters. The van der Waals surface area contributed by atoms with Gasteiger partial charge in [0.05, 0.1) is 7.11 Å². The van der Waals surface area contributed by atoms with Crippen LogP contribution in [0.5, 0.6) is 11.5 Å². The fourth-order valence-electron chi connectivity index (χ4n) is 2.67. The van der Waals surface area contributed by atoms with Crippen LogP contribution in [0, 0.1) is 0 Å². The Morgan fingerprint density at radius 1 is 1.10 bits per heavy atom. The number of carbonyl (C=O) groups is 3. The summed E-state index contributed by atoms with van der Waals surface area (Å²) < 4.78 is 10.7. The molecule has 0 aromatic heterocycles. The van der Waals surface area contributed by atoms with Crippen LogP contribution < -0.4 is 25.6 Å². The molecule has 2 aromatic carbocycles. The van der Waals surface area contributed by atoms with Gasteiger partial charge < -0.3 is 30.2 Å². The van der Waals surface area contributed by atoms with Gasteiger partial charge in [-0.25, -0.2) is 0 Å². The van der Waals surface area contributed by atoms with Crippen molar-refractivity contribution >= 4 is 30.7 Å². The lowest BCUT2D eigenvalue weighted by atomic mass is 9.77. The van der Waals surface area contributed by atoms with E-state index in [0.717, 1.165) is 5.56 Å². The van der Waals surface area contributed by atoms with Crippen LogP contribution in [0.25, 0.3) is 0 Å². The van der Waals surface area contributed by atoms with E-state index in [1.807, 2.05) is 6.92 Å². The standard InChI is InChI=1S/C20H23BN2O7/c1-3-22-19(25)12-30-17-7-4-13(8-18(17)29-2)10-23-20(26)14-5-6-16(21(27)28)15(9-14)11-24/h4-9,11,27-28H,3,10,12H2,1-2H3,(H,22,25)(H,23,26). The van der Waals surface area contributed by atoms with Crippen molar-refractivity contribution < 1.29 is 33.9 Å². The molecule has 4 N–H and O–H groups in total. The summed E-state index contributed by atoms with van der Waals surface area (Å²) in [6.45, 7) is 2.35. The number of likely N-dealkylation sites (N-methyl/N-ethyl adjacent to an activating group) is 1. The van der Waals surface area contributed by atoms with E-state index < -0.39 is 13.0 Å². The van der Waals surface area contributed by atoms with E-state index in [-0.39, 0.29) is 35.6 Å². The van der Waals surface area contributed by atoms with Gasteiger partial charge in [0, 0.05) is 24.2 Å². The Kier molecular flexibility index (Phi) is 8.39. The lowest BCUT2D eigenvalue weighted by Crippen LogP contribution is -2.33. The molecule has 0 heterocycles. The monoisotopic (exact) mass is 414 g/mol. The Morgan fingerprint density at radius 3 is 2.50 bits per heavy atom. The Labute approximate surface area is 174 Å². The number of methoxy groups -OCH3 is 1. The smallest absolute Gasteiger partial charge is 0.489 e. The van der Waals surface area contributed by atoms with Crippen molar-refractivity contribution in [2.75, 3.05) is 20.3 Å². The van der Waals surface area contributed by atoms with E-state index >= 15 is 0 Å². The van der Waals surface area contributed by atoms with Crippen molar-refractivity contribution in [2.24, 2.45) is 0 Å². The number of hydrogen-bond donors (Lipinski definition) is 4. The topological polar surface area (TPSA) is 134 Å². The molecule has 2 aromatic rings. The van der Waals surface area contributed by atoms with Gasteiger partial charge in [-0.05, 0) is 42.2 Å². The first kappa shape index (κ1) is 22.9. The third kappa shape index (κ3) is 6.06. The Hall–Kier alpha value is -3.37. The molecule has 2 amide bonds. The average molecular weight is 414 g/mol. The minimum atomic E-state index is -1.80. The van der Waals surface area contributed by atoms with Crippen molar-refractivity contribution in [2.45, 2.75) is 13.5 Å². The zero-order chi connectivity index (χ0) is 22.1. The summed E-state index contributed by atoms with van der Waals surface area (Å²) in [5.41, 5.74) is 0.973. The first-order chi connectivity index (χ1) is 14.4. The molecule has 0 saturated carbocycles. The van der Waals surface area contributed by atoms with Crippen LogP contribution in [0.3, 0.4) is 0 Å². The van der Waals surface area contributed by atoms with Gasteiger partial charge in [0.1, 0.15) is 6.29 Å². The summed E-state index contributed by atoms with van der Waals surface area (Å²) in [6, 6.07) is 9.04. The predicted octanol–water partition coefficient (Wildman–Crippen LogP) is -0.368. The van der Waals surface area contributed by atoms with Crippen molar-refractivity contribution in [3.8, 4) is 11.5 Å². The molecule has 0 fully saturated rings. The first-order valence-electron chi connectivity index (χ1n) is 9.19. The molecule has 0 saturated heterocycles. The molecule has 9 nitrogen and oxygen atoms in total. The predicted molar refractivity (Wildman–Crippen MR) is 110 cm³/mol. The number of amides is 2. The van der Waals surface area contributed by atoms with Gasteiger partial charge in [0.15, 0.2) is 18.1 Å². The van der Waals surface area contributed by atoms with Gasteiger partial charge in [0.2, 0.25) is 0 Å². The lowest BCUT2D eigenvalue weighted by molar-refractivity contribution is -0.123. The number of aldehydes is 1. The van der Waals surface area contributed by atoms with E-state index in [2.05, 4.69) is 10.6 Å². The van der Waals surface area contributed by atoms with Crippen LogP contribution in [0.2, 0.25) is 0 Å². The number of rotatable bonds is 10. The normalized spacial score (nSPS) is 10.1. The first-order valence-corrected chi connectivity index (χ1v) is 9.19. The molecular weight excluding hydrogens is 391 g/mol. The van der Waals surface area contributed by atoms with Crippen molar-refractivity contribution in [1.29, 1.82) is 0 Å². The van der Waals surface area contributed by atoms with E-state index in [1.165, 1.54) is 25.3 Å². The van der Waals surface area contributed by atoms with Gasteiger partial charge in [-0.2, -0.15) is 0 Å². The van der Waals surface area contributed by atoms with Crippen LogP contribution >= 0.6 is 0 Å². The van der Waals surface area contributed by atoms with Crippen molar-refractivity contribution in [3.63, 3.8) is 0 Å². The highest BCUT2D eigenvalue weighted by Gasteiger charge is 2.18. The summed E-state index contributed by atoms with van der Waals surface area (Å²) in [4.78, 5) is 35.0. The van der Waals surface area contributed by atoms with Gasteiger partial charge in [-0.1, -0.05) is 12.1 Å². The number of carbonyl (C=O) groups excluding carboxylic acids is 3. The van der Waals surface area contributed by atoms with Crippen LogP contribution in [0.4, 0.5) is 0 Å². The summed E-state index contributed by atoms with van der Waals surface area (Å²) >= 11 is 0. The van der Waals surface area contributed by atoms with Crippen molar-refractivity contribution in [3.05, 3.63) is 53.1 Å². The largest absolute Gasteiger partial charge is 0.493 e. The van der Waals surface area contributed by atoms with Gasteiger partial charge in [-0.15, -0.1) is 0 Å². The van der Waals surface area contributed by atoms with Gasteiger partial charge in [0.25, 0.3) is 11.8 Å². The zero-order valence-corrected chi connectivity index (χ0v) is 16.7. The lowest BCUT2D eigenvalue weighted by Gasteiger charge is -2.13. The summed E-state index contributed by atoms with van der Waals surface area (Å²) in [7, 11) is -0.335. The quantitative estimate of drug-likeness (QED) is 0.308. The molecule has 0 aliphatic carbocycles. The molecule has 30 heavy (non-hydrogen) atoms. The Morgan fingerprint density at radius 2 is 1.87 bits per heavy atom. The zero-order valence-electron chi connectivity index (χ0n) is 16.7. The number of nitrogens with one attached hydrogen (secondary N) is 2. The third-order valence-corrected chi connectivity index (χ3v) is 4.17. The van der Waals surface area contributed by atoms with E-state index in [0.29, 0.717) is 24.3 Å². The fourth-order valence-corrected chi connectivity index (χ4v) is 2.67. The molecule has 0 bridgehead atoms. The third-order valence-electron chi connectivity index (χ3n) is 4.17. The molecule has 158 valence electrons. The molecule has 0 aliphatic rings. The van der Waals surface area contributed by atoms with Crippen LogP contribution in [-0.4, -0.2) is 55.5 Å². The summed E-state index contributed by atoms with van der Waals surface area (Å²) in [5, 5.41) is 23.8. The van der Waals surface area contributed by atoms with Gasteiger partial charge in [-0.3, -0.25) is 14.4 Å². The second-order valence-electron chi connectivity index (χ2n) is 6.25. The van der Waals surface area contributed by atoms with Gasteiger partial charge >= 0.3 is 7.12 Å². The molecule has 0 spiro atoms. The molecular formula is C20H23BN2O7. The maximum atomic E-state index is 12.4. The van der Waals surface area contributed by atoms with E-state index in [1.54, 1.807) is 18.2 Å². The van der Waals surface area contributed by atoms with Crippen LogP contribution in [0.1, 0.15) is 33.2 Å². The van der Waals surface area contributed by atoms with Crippen molar-refractivity contribution in [1.82, 2.24) is 10.6 Å². The molecule has 0 radical (unpaired) electrons. The number of ether oxygens (including phenoxy) is 2. The summed E-state index contributed by atoms with van der Waals surface area (Å²) in [5.74, 6) is 0.126. The number of benzene rings is 2. The fraction of sp³-hybridized carbons (Fsp3) is 0.250. The number of hydrogen-bond acceptors (Lipinski definition) is 7. The Bertz CT molecular complexity index is 918. The average Bonchev–Trinajstić information content (AvgIpc) is 2.75. The van der Waals surface area contributed by atoms with E-state index in [9.17, 15) is 24.4 Å². The van der Waals surface area contributed by atoms with Crippen LogP contribution in [-0.2, 0) is 11.3 Å². The maximum Gasteiger partial charge on any atom is 0.489 e. The van der Waals surface area contributed by atoms with Crippen LogP contribution in [0.15, 0.2) is 36.4 Å². The maximum absolute atomic E-state index is 12.4. The molecule has 10 heteroatoms. The Balaban J connectivity index is 2.04. The van der Waals surface area contributed by atoms with E-state index in [4.69, 9.17) is 9.47 Å².